The highest BCUT2D eigenvalue weighted by molar-refractivity contribution is 6.33. The first-order valence-corrected chi connectivity index (χ1v) is 5.81. The largest absolute Gasteiger partial charge is 0.385 e. The average Bonchev–Trinajstić information content (AvgIpc) is 2.72. The molecule has 0 aromatic carbocycles. The maximum atomic E-state index is 10.6. The number of alkyl halides is 1. The van der Waals surface area contributed by atoms with Crippen molar-refractivity contribution in [2.24, 2.45) is 9.98 Å². The summed E-state index contributed by atoms with van der Waals surface area (Å²) in [6.07, 6.45) is 3.97. The zero-order valence-electron chi connectivity index (χ0n) is 10.0. The van der Waals surface area contributed by atoms with Gasteiger partial charge in [-0.05, 0) is 34.5 Å². The summed E-state index contributed by atoms with van der Waals surface area (Å²) in [5, 5.41) is 19.4. The number of pyridine rings is 1. The van der Waals surface area contributed by atoms with Gasteiger partial charge < -0.3 is 15.2 Å². The second-order valence-corrected chi connectivity index (χ2v) is 5.00. The van der Waals surface area contributed by atoms with Crippen LogP contribution in [-0.2, 0) is 5.60 Å². The topological polar surface area (TPSA) is 101 Å². The molecule has 0 saturated carbocycles. The fourth-order valence-corrected chi connectivity index (χ4v) is 2.18. The molecule has 2 unspecified atom stereocenters. The molecule has 0 radical (unpaired) electrons. The summed E-state index contributed by atoms with van der Waals surface area (Å²) >= 11 is 6.07. The number of halogens is 1. The minimum Gasteiger partial charge on any atom is -0.385 e. The van der Waals surface area contributed by atoms with Crippen LogP contribution in [0.5, 0.6) is 0 Å². The van der Waals surface area contributed by atoms with Crippen molar-refractivity contribution in [2.75, 3.05) is 0 Å². The predicted molar refractivity (Wildman–Crippen MR) is 69.9 cm³/mol. The van der Waals surface area contributed by atoms with Gasteiger partial charge in [-0.3, -0.25) is 4.98 Å². The molecule has 1 aromatic rings. The molecule has 19 heavy (non-hydrogen) atoms. The van der Waals surface area contributed by atoms with Gasteiger partial charge in [0.2, 0.25) is 0 Å². The molecule has 1 aromatic heterocycles. The molecule has 8 heteroatoms. The van der Waals surface area contributed by atoms with E-state index in [-0.39, 0.29) is 6.42 Å². The van der Waals surface area contributed by atoms with E-state index in [0.717, 1.165) is 6.21 Å². The van der Waals surface area contributed by atoms with Crippen molar-refractivity contribution in [1.82, 2.24) is 4.98 Å². The Morgan fingerprint density at radius 2 is 2.37 bits per heavy atom. The molecule has 2 heterocycles. The van der Waals surface area contributed by atoms with Gasteiger partial charge in [0.25, 0.3) is 0 Å². The Hall–Kier alpha value is -1.86. The van der Waals surface area contributed by atoms with Gasteiger partial charge >= 0.3 is 11.0 Å². The van der Waals surface area contributed by atoms with Crippen LogP contribution in [0.1, 0.15) is 18.9 Å². The lowest BCUT2D eigenvalue weighted by Crippen LogP contribution is -2.31. The molecule has 1 N–H and O–H groups in total. The third-order valence-corrected chi connectivity index (χ3v) is 3.02. The summed E-state index contributed by atoms with van der Waals surface area (Å²) in [6.45, 7) is 1.53. The van der Waals surface area contributed by atoms with E-state index in [1.54, 1.807) is 18.3 Å². The van der Waals surface area contributed by atoms with Crippen LogP contribution in [0, 0.1) is 10.1 Å². The zero-order chi connectivity index (χ0) is 14.1. The second kappa shape index (κ2) is 4.67. The Balaban J connectivity index is 2.22. The first-order valence-electron chi connectivity index (χ1n) is 5.44. The average molecular weight is 283 g/mol. The van der Waals surface area contributed by atoms with Crippen LogP contribution >= 0.6 is 11.6 Å². The van der Waals surface area contributed by atoms with E-state index in [2.05, 4.69) is 15.0 Å². The Labute approximate surface area is 113 Å². The Morgan fingerprint density at radius 3 is 2.89 bits per heavy atom. The molecule has 0 amide bonds. The third-order valence-electron chi connectivity index (χ3n) is 2.70. The van der Waals surface area contributed by atoms with Gasteiger partial charge in [0.15, 0.2) is 0 Å². The number of amidine groups is 1. The monoisotopic (exact) mass is 282 g/mol. The molecule has 1 aliphatic rings. The highest BCUT2D eigenvalue weighted by Gasteiger charge is 2.45. The third kappa shape index (κ3) is 2.94. The smallest absolute Gasteiger partial charge is 0.380 e. The SMILES string of the molecule is CC(O)(CC1(Cl)N=CC([N+](=O)[O-])=N1)c1cccnc1. The summed E-state index contributed by atoms with van der Waals surface area (Å²) in [5.74, 6) is -0.419. The van der Waals surface area contributed by atoms with Gasteiger partial charge in [-0.1, -0.05) is 6.07 Å². The van der Waals surface area contributed by atoms with Crippen molar-refractivity contribution in [3.63, 3.8) is 0 Å². The fourth-order valence-electron chi connectivity index (χ4n) is 1.78. The summed E-state index contributed by atoms with van der Waals surface area (Å²) < 4.78 is 0. The van der Waals surface area contributed by atoms with Gasteiger partial charge in [-0.25, -0.2) is 4.99 Å². The Kier molecular flexibility index (Phi) is 3.34. The van der Waals surface area contributed by atoms with Crippen LogP contribution in [0.25, 0.3) is 0 Å². The highest BCUT2D eigenvalue weighted by atomic mass is 35.5. The molecule has 0 fully saturated rings. The summed E-state index contributed by atoms with van der Waals surface area (Å²) in [7, 11) is 0. The molecule has 0 aliphatic carbocycles. The van der Waals surface area contributed by atoms with Crippen molar-refractivity contribution < 1.29 is 10.0 Å². The van der Waals surface area contributed by atoms with Gasteiger partial charge in [0, 0.05) is 18.0 Å². The number of nitro groups is 1. The molecule has 2 atom stereocenters. The number of rotatable bonds is 3. The number of hydrogen-bond donors (Lipinski definition) is 1. The van der Waals surface area contributed by atoms with Gasteiger partial charge in [-0.2, -0.15) is 0 Å². The van der Waals surface area contributed by atoms with Crippen LogP contribution in [0.2, 0.25) is 0 Å². The van der Waals surface area contributed by atoms with E-state index in [1.165, 1.54) is 13.1 Å². The summed E-state index contributed by atoms with van der Waals surface area (Å²) in [6, 6.07) is 3.36. The molecule has 7 nitrogen and oxygen atoms in total. The van der Waals surface area contributed by atoms with Gasteiger partial charge in [0.05, 0.1) is 12.0 Å². The van der Waals surface area contributed by atoms with Crippen molar-refractivity contribution in [3.05, 3.63) is 40.2 Å². The first kappa shape index (κ1) is 13.6. The summed E-state index contributed by atoms with van der Waals surface area (Å²) in [5.41, 5.74) is -0.807. The minimum absolute atomic E-state index is 0.0961. The fraction of sp³-hybridized carbons (Fsp3) is 0.364. The van der Waals surface area contributed by atoms with E-state index >= 15 is 0 Å². The maximum absolute atomic E-state index is 10.6. The molecule has 0 saturated heterocycles. The van der Waals surface area contributed by atoms with Crippen LogP contribution in [-0.4, -0.2) is 32.2 Å². The molecular formula is C11H11ClN4O3. The molecule has 1 aliphatic heterocycles. The molecule has 100 valence electrons. The van der Waals surface area contributed by atoms with Crippen LogP contribution in [0.4, 0.5) is 0 Å². The Bertz CT molecular complexity index is 558. The minimum atomic E-state index is -1.55. The maximum Gasteiger partial charge on any atom is 0.380 e. The molecule has 0 spiro atoms. The van der Waals surface area contributed by atoms with Crippen molar-refractivity contribution in [2.45, 2.75) is 24.1 Å². The predicted octanol–water partition coefficient (Wildman–Crippen LogP) is 1.33. The number of nitrogens with zero attached hydrogens (tertiary/aromatic N) is 4. The lowest BCUT2D eigenvalue weighted by atomic mass is 9.92. The van der Waals surface area contributed by atoms with Gasteiger partial charge in [0.1, 0.15) is 6.21 Å². The standard InChI is InChI=1S/C11H11ClN4O3/c1-10(17,8-3-2-4-13-5-8)7-11(12)14-6-9(15-11)16(18)19/h2-6,17H,7H2,1H3. The van der Waals surface area contributed by atoms with Crippen molar-refractivity contribution >= 4 is 23.7 Å². The number of aromatic nitrogens is 1. The number of aliphatic imine (C=N–C) groups is 2. The van der Waals surface area contributed by atoms with Crippen LogP contribution in [0.15, 0.2) is 34.5 Å². The quantitative estimate of drug-likeness (QED) is 0.391. The number of hydrogen-bond acceptors (Lipinski definition) is 6. The van der Waals surface area contributed by atoms with Crippen molar-refractivity contribution in [3.8, 4) is 0 Å². The number of aliphatic hydroxyl groups is 1. The van der Waals surface area contributed by atoms with E-state index in [0.29, 0.717) is 5.56 Å². The zero-order valence-corrected chi connectivity index (χ0v) is 10.8. The second-order valence-electron chi connectivity index (χ2n) is 4.40. The molecule has 2 rings (SSSR count). The highest BCUT2D eigenvalue weighted by Crippen LogP contribution is 2.37. The molecule has 0 bridgehead atoms. The van der Waals surface area contributed by atoms with Crippen LogP contribution < -0.4 is 0 Å². The summed E-state index contributed by atoms with van der Waals surface area (Å²) in [4.78, 5) is 21.3. The van der Waals surface area contributed by atoms with Gasteiger partial charge in [-0.15, -0.1) is 0 Å². The first-order chi connectivity index (χ1) is 8.82. The Morgan fingerprint density at radius 1 is 1.63 bits per heavy atom. The van der Waals surface area contributed by atoms with E-state index in [1.807, 2.05) is 0 Å². The normalized spacial score (nSPS) is 24.9. The molecular weight excluding hydrogens is 272 g/mol. The van der Waals surface area contributed by atoms with E-state index < -0.39 is 21.5 Å². The van der Waals surface area contributed by atoms with E-state index in [9.17, 15) is 15.2 Å². The van der Waals surface area contributed by atoms with Crippen molar-refractivity contribution in [1.29, 1.82) is 0 Å². The van der Waals surface area contributed by atoms with Crippen LogP contribution in [0.3, 0.4) is 0 Å². The lowest BCUT2D eigenvalue weighted by molar-refractivity contribution is -0.345. The lowest BCUT2D eigenvalue weighted by Gasteiger charge is -2.25. The van der Waals surface area contributed by atoms with E-state index in [4.69, 9.17) is 11.6 Å².